The minimum absolute atomic E-state index is 0.534. The molecule has 1 N–H and O–H groups in total. The Hall–Kier alpha value is -0.810. The number of aromatic nitrogens is 2. The maximum atomic E-state index is 6.11. The second-order valence-corrected chi connectivity index (χ2v) is 6.98. The van der Waals surface area contributed by atoms with Gasteiger partial charge in [-0.2, -0.15) is 0 Å². The van der Waals surface area contributed by atoms with E-state index in [2.05, 4.69) is 28.6 Å². The smallest absolute Gasteiger partial charge is 0.178 e. The summed E-state index contributed by atoms with van der Waals surface area (Å²) >= 11 is 19.4. The Morgan fingerprint density at radius 3 is 2.60 bits per heavy atom. The number of nitrogens with one attached hydrogen (secondary N) is 1. The zero-order chi connectivity index (χ0) is 14.3. The summed E-state index contributed by atoms with van der Waals surface area (Å²) in [7, 11) is 0. The Morgan fingerprint density at radius 2 is 1.90 bits per heavy atom. The first-order chi connectivity index (χ1) is 9.58. The molecule has 0 saturated carbocycles. The summed E-state index contributed by atoms with van der Waals surface area (Å²) in [6.45, 7) is 2.91. The van der Waals surface area contributed by atoms with Crippen LogP contribution in [0.3, 0.4) is 0 Å². The maximum Gasteiger partial charge on any atom is 0.178 e. The number of thiophene rings is 1. The molecule has 0 unspecified atom stereocenters. The van der Waals surface area contributed by atoms with Gasteiger partial charge in [-0.25, -0.2) is 0 Å². The molecule has 0 aliphatic heterocycles. The molecule has 0 saturated heterocycles. The van der Waals surface area contributed by atoms with Crippen LogP contribution in [0.15, 0.2) is 24.3 Å². The molecule has 20 heavy (non-hydrogen) atoms. The molecular formula is C14H12Cl2N2S2. The molecule has 2 aromatic heterocycles. The Labute approximate surface area is 136 Å². The number of benzene rings is 1. The van der Waals surface area contributed by atoms with Gasteiger partial charge in [0.15, 0.2) is 4.77 Å². The van der Waals surface area contributed by atoms with Gasteiger partial charge in [-0.3, -0.25) is 0 Å². The SMILES string of the molecule is CCc1ccc(Cn2c(=S)[nH]c3cc(Cl)c(Cl)cc32)s1. The molecule has 2 nitrogen and oxygen atoms in total. The molecule has 3 aromatic rings. The van der Waals surface area contributed by atoms with Gasteiger partial charge in [0.1, 0.15) is 0 Å². The number of nitrogens with zero attached hydrogens (tertiary/aromatic N) is 1. The van der Waals surface area contributed by atoms with Crippen LogP contribution in [-0.4, -0.2) is 9.55 Å². The second kappa shape index (κ2) is 5.53. The van der Waals surface area contributed by atoms with E-state index in [-0.39, 0.29) is 0 Å². The van der Waals surface area contributed by atoms with Gasteiger partial charge in [0.2, 0.25) is 0 Å². The minimum atomic E-state index is 0.534. The lowest BCUT2D eigenvalue weighted by Gasteiger charge is -2.03. The highest BCUT2D eigenvalue weighted by molar-refractivity contribution is 7.71. The van der Waals surface area contributed by atoms with Gasteiger partial charge in [-0.1, -0.05) is 30.1 Å². The van der Waals surface area contributed by atoms with Crippen LogP contribution < -0.4 is 0 Å². The third kappa shape index (κ3) is 2.53. The Morgan fingerprint density at radius 1 is 1.20 bits per heavy atom. The quantitative estimate of drug-likeness (QED) is 0.607. The molecule has 6 heteroatoms. The average Bonchev–Trinajstić information content (AvgIpc) is 2.98. The standard InChI is InChI=1S/C14H12Cl2N2S2/c1-2-8-3-4-9(20-8)7-18-13-6-11(16)10(15)5-12(13)17-14(18)19/h3-6H,2,7H2,1H3,(H,17,19). The fraction of sp³-hybridized carbons (Fsp3) is 0.214. The third-order valence-electron chi connectivity index (χ3n) is 3.20. The maximum absolute atomic E-state index is 6.11. The van der Waals surface area contributed by atoms with Crippen molar-refractivity contribution < 1.29 is 0 Å². The van der Waals surface area contributed by atoms with Crippen LogP contribution in [0.4, 0.5) is 0 Å². The van der Waals surface area contributed by atoms with Crippen LogP contribution in [0.5, 0.6) is 0 Å². The number of rotatable bonds is 3. The lowest BCUT2D eigenvalue weighted by molar-refractivity contribution is 0.823. The summed E-state index contributed by atoms with van der Waals surface area (Å²) in [5, 5.41) is 1.08. The average molecular weight is 343 g/mol. The number of hydrogen-bond acceptors (Lipinski definition) is 2. The van der Waals surface area contributed by atoms with Crippen molar-refractivity contribution in [3.05, 3.63) is 48.8 Å². The zero-order valence-corrected chi connectivity index (χ0v) is 13.9. The molecule has 0 radical (unpaired) electrons. The number of fused-ring (bicyclic) bond motifs is 1. The number of halogens is 2. The number of hydrogen-bond donors (Lipinski definition) is 1. The monoisotopic (exact) mass is 342 g/mol. The Balaban J connectivity index is 2.08. The van der Waals surface area contributed by atoms with Crippen LogP contribution in [-0.2, 0) is 13.0 Å². The molecule has 0 atom stereocenters. The fourth-order valence-electron chi connectivity index (χ4n) is 2.16. The number of H-pyrrole nitrogens is 1. The van der Waals surface area contributed by atoms with Gasteiger partial charge in [-0.15, -0.1) is 11.3 Å². The van der Waals surface area contributed by atoms with Crippen molar-refractivity contribution in [1.82, 2.24) is 9.55 Å². The molecule has 1 aromatic carbocycles. The molecule has 0 fully saturated rings. The normalized spacial score (nSPS) is 11.3. The number of aryl methyl sites for hydroxylation is 1. The molecular weight excluding hydrogens is 331 g/mol. The molecule has 0 bridgehead atoms. The van der Waals surface area contributed by atoms with E-state index in [1.807, 2.05) is 23.5 Å². The lowest BCUT2D eigenvalue weighted by Crippen LogP contribution is -1.97. The van der Waals surface area contributed by atoms with Crippen molar-refractivity contribution in [3.63, 3.8) is 0 Å². The Kier molecular flexibility index (Phi) is 3.91. The van der Waals surface area contributed by atoms with Crippen molar-refractivity contribution in [2.75, 3.05) is 0 Å². The van der Waals surface area contributed by atoms with Crippen molar-refractivity contribution in [1.29, 1.82) is 0 Å². The summed E-state index contributed by atoms with van der Waals surface area (Å²) in [5.74, 6) is 0. The molecule has 0 amide bonds. The largest absolute Gasteiger partial charge is 0.331 e. The highest BCUT2D eigenvalue weighted by Gasteiger charge is 2.09. The minimum Gasteiger partial charge on any atom is -0.331 e. The summed E-state index contributed by atoms with van der Waals surface area (Å²) in [4.78, 5) is 5.84. The summed E-state index contributed by atoms with van der Waals surface area (Å²) in [6.07, 6.45) is 1.06. The van der Waals surface area contributed by atoms with E-state index < -0.39 is 0 Å². The fourth-order valence-corrected chi connectivity index (χ4v) is 3.70. The van der Waals surface area contributed by atoms with Crippen molar-refractivity contribution in [2.24, 2.45) is 0 Å². The highest BCUT2D eigenvalue weighted by atomic mass is 35.5. The van der Waals surface area contributed by atoms with E-state index >= 15 is 0 Å². The van der Waals surface area contributed by atoms with Crippen molar-refractivity contribution in [2.45, 2.75) is 19.9 Å². The second-order valence-electron chi connectivity index (χ2n) is 4.52. The molecule has 3 rings (SSSR count). The predicted octanol–water partition coefficient (Wildman–Crippen LogP) is 5.68. The van der Waals surface area contributed by atoms with E-state index in [0.29, 0.717) is 14.8 Å². The lowest BCUT2D eigenvalue weighted by atomic mass is 10.3. The summed E-state index contributed by atoms with van der Waals surface area (Å²) in [6, 6.07) is 8.00. The van der Waals surface area contributed by atoms with Crippen molar-refractivity contribution in [3.8, 4) is 0 Å². The van der Waals surface area contributed by atoms with Crippen LogP contribution >= 0.6 is 46.8 Å². The van der Waals surface area contributed by atoms with Crippen molar-refractivity contribution >= 4 is 57.8 Å². The van der Waals surface area contributed by atoms with Gasteiger partial charge in [0, 0.05) is 9.75 Å². The van der Waals surface area contributed by atoms with E-state index in [4.69, 9.17) is 35.4 Å². The first-order valence-electron chi connectivity index (χ1n) is 6.23. The summed E-state index contributed by atoms with van der Waals surface area (Å²) < 4.78 is 2.74. The third-order valence-corrected chi connectivity index (χ3v) is 5.45. The highest BCUT2D eigenvalue weighted by Crippen LogP contribution is 2.28. The van der Waals surface area contributed by atoms with Crippen LogP contribution in [0.2, 0.25) is 10.0 Å². The Bertz CT molecular complexity index is 829. The molecule has 0 aliphatic rings. The number of aromatic amines is 1. The van der Waals surface area contributed by atoms with Gasteiger partial charge < -0.3 is 9.55 Å². The molecule has 2 heterocycles. The molecule has 0 spiro atoms. The van der Waals surface area contributed by atoms with Crippen LogP contribution in [0.25, 0.3) is 11.0 Å². The first-order valence-corrected chi connectivity index (χ1v) is 8.21. The van der Waals surface area contributed by atoms with Gasteiger partial charge in [0.25, 0.3) is 0 Å². The molecule has 0 aliphatic carbocycles. The topological polar surface area (TPSA) is 20.7 Å². The van der Waals surface area contributed by atoms with Gasteiger partial charge >= 0.3 is 0 Å². The van der Waals surface area contributed by atoms with Gasteiger partial charge in [-0.05, 0) is 42.9 Å². The van der Waals surface area contributed by atoms with E-state index in [0.717, 1.165) is 24.0 Å². The van der Waals surface area contributed by atoms with E-state index in [1.165, 1.54) is 9.75 Å². The molecule has 104 valence electrons. The first kappa shape index (κ1) is 14.1. The zero-order valence-electron chi connectivity index (χ0n) is 10.7. The van der Waals surface area contributed by atoms with Gasteiger partial charge in [0.05, 0.1) is 27.6 Å². The van der Waals surface area contributed by atoms with Crippen LogP contribution in [0.1, 0.15) is 16.7 Å². The predicted molar refractivity (Wildman–Crippen MR) is 89.9 cm³/mol. The van der Waals surface area contributed by atoms with E-state index in [1.54, 1.807) is 0 Å². The summed E-state index contributed by atoms with van der Waals surface area (Å²) in [5.41, 5.74) is 1.90. The van der Waals surface area contributed by atoms with Crippen LogP contribution in [0, 0.1) is 4.77 Å². The van der Waals surface area contributed by atoms with E-state index in [9.17, 15) is 0 Å². The number of imidazole rings is 1.